The highest BCUT2D eigenvalue weighted by Crippen LogP contribution is 2.02. The van der Waals surface area contributed by atoms with Crippen LogP contribution >= 0.6 is 0 Å². The van der Waals surface area contributed by atoms with Gasteiger partial charge < -0.3 is 0 Å². The summed E-state index contributed by atoms with van der Waals surface area (Å²) in [7, 11) is 0. The predicted molar refractivity (Wildman–Crippen MR) is 69.0 cm³/mol. The summed E-state index contributed by atoms with van der Waals surface area (Å²) in [6.45, 7) is 1.96. The SMILES string of the molecule is CCCC(=O)/N=c1\ccn(-c2ccccc2)nc1. The van der Waals surface area contributed by atoms with Gasteiger partial charge in [0.1, 0.15) is 0 Å². The van der Waals surface area contributed by atoms with Crippen molar-refractivity contribution < 1.29 is 4.79 Å². The number of benzene rings is 1. The topological polar surface area (TPSA) is 47.2 Å². The third-order valence-corrected chi connectivity index (χ3v) is 2.44. The molecule has 0 saturated heterocycles. The van der Waals surface area contributed by atoms with E-state index in [0.29, 0.717) is 11.8 Å². The van der Waals surface area contributed by atoms with Gasteiger partial charge in [-0.25, -0.2) is 9.67 Å². The van der Waals surface area contributed by atoms with Crippen LogP contribution in [0.1, 0.15) is 19.8 Å². The quantitative estimate of drug-likeness (QED) is 0.826. The Kier molecular flexibility index (Phi) is 4.02. The second kappa shape index (κ2) is 5.91. The highest BCUT2D eigenvalue weighted by atomic mass is 16.1. The van der Waals surface area contributed by atoms with Gasteiger partial charge in [-0.05, 0) is 24.6 Å². The molecule has 2 aromatic rings. The molecule has 0 radical (unpaired) electrons. The molecule has 0 saturated carbocycles. The third-order valence-electron chi connectivity index (χ3n) is 2.44. The third kappa shape index (κ3) is 3.13. The van der Waals surface area contributed by atoms with Crippen LogP contribution in [0.5, 0.6) is 0 Å². The fourth-order valence-corrected chi connectivity index (χ4v) is 1.56. The summed E-state index contributed by atoms with van der Waals surface area (Å²) < 4.78 is 1.74. The molecular weight excluding hydrogens is 226 g/mol. The van der Waals surface area contributed by atoms with Gasteiger partial charge in [0.05, 0.1) is 17.2 Å². The Morgan fingerprint density at radius 3 is 2.67 bits per heavy atom. The zero-order valence-electron chi connectivity index (χ0n) is 10.3. The molecule has 4 heteroatoms. The monoisotopic (exact) mass is 241 g/mol. The summed E-state index contributed by atoms with van der Waals surface area (Å²) in [6.07, 6.45) is 4.69. The number of aromatic nitrogens is 2. The maximum absolute atomic E-state index is 11.4. The molecule has 1 amide bonds. The number of amides is 1. The molecule has 0 bridgehead atoms. The van der Waals surface area contributed by atoms with Gasteiger partial charge in [0, 0.05) is 12.6 Å². The normalized spacial score (nSPS) is 11.5. The second-order valence-corrected chi connectivity index (χ2v) is 3.92. The van der Waals surface area contributed by atoms with Gasteiger partial charge >= 0.3 is 0 Å². The summed E-state index contributed by atoms with van der Waals surface area (Å²) >= 11 is 0. The smallest absolute Gasteiger partial charge is 0.246 e. The Morgan fingerprint density at radius 1 is 1.28 bits per heavy atom. The summed E-state index contributed by atoms with van der Waals surface area (Å²) in [5, 5.41) is 4.83. The number of hydrogen-bond donors (Lipinski definition) is 0. The lowest BCUT2D eigenvalue weighted by Crippen LogP contribution is -2.11. The molecule has 1 aromatic heterocycles. The van der Waals surface area contributed by atoms with Gasteiger partial charge in [0.2, 0.25) is 5.91 Å². The summed E-state index contributed by atoms with van der Waals surface area (Å²) in [4.78, 5) is 15.3. The van der Waals surface area contributed by atoms with Crippen molar-refractivity contribution >= 4 is 5.91 Å². The predicted octanol–water partition coefficient (Wildman–Crippen LogP) is 2.10. The van der Waals surface area contributed by atoms with Crippen LogP contribution in [0.25, 0.3) is 5.69 Å². The minimum Gasteiger partial charge on any atom is -0.273 e. The maximum atomic E-state index is 11.4. The van der Waals surface area contributed by atoms with Crippen molar-refractivity contribution in [1.82, 2.24) is 9.78 Å². The molecule has 4 nitrogen and oxygen atoms in total. The molecule has 0 atom stereocenters. The first kappa shape index (κ1) is 12.2. The Morgan fingerprint density at radius 2 is 2.06 bits per heavy atom. The molecule has 2 rings (SSSR count). The van der Waals surface area contributed by atoms with Crippen molar-refractivity contribution in [3.8, 4) is 5.69 Å². The average Bonchev–Trinajstić information content (AvgIpc) is 2.41. The molecule has 1 aromatic carbocycles. The van der Waals surface area contributed by atoms with E-state index in [1.165, 1.54) is 0 Å². The average molecular weight is 241 g/mol. The van der Waals surface area contributed by atoms with Crippen LogP contribution in [0.2, 0.25) is 0 Å². The number of nitrogens with zero attached hydrogens (tertiary/aromatic N) is 3. The Hall–Kier alpha value is -2.23. The molecule has 0 aliphatic heterocycles. The molecule has 18 heavy (non-hydrogen) atoms. The largest absolute Gasteiger partial charge is 0.273 e. The number of carbonyl (C=O) groups excluding carboxylic acids is 1. The van der Waals surface area contributed by atoms with E-state index in [0.717, 1.165) is 12.1 Å². The first-order valence-corrected chi connectivity index (χ1v) is 5.97. The first-order valence-electron chi connectivity index (χ1n) is 5.97. The molecule has 0 aliphatic rings. The molecule has 1 heterocycles. The van der Waals surface area contributed by atoms with E-state index in [1.807, 2.05) is 37.3 Å². The summed E-state index contributed by atoms with van der Waals surface area (Å²) in [6, 6.07) is 11.6. The summed E-state index contributed by atoms with van der Waals surface area (Å²) in [5.41, 5.74) is 0.976. The fourth-order valence-electron chi connectivity index (χ4n) is 1.56. The lowest BCUT2D eigenvalue weighted by atomic mass is 10.3. The van der Waals surface area contributed by atoms with Crippen molar-refractivity contribution in [1.29, 1.82) is 0 Å². The van der Waals surface area contributed by atoms with Gasteiger partial charge in [-0.1, -0.05) is 25.1 Å². The Labute approximate surface area is 106 Å². The van der Waals surface area contributed by atoms with Crippen molar-refractivity contribution in [3.63, 3.8) is 0 Å². The summed E-state index contributed by atoms with van der Waals surface area (Å²) in [5.74, 6) is -0.100. The van der Waals surface area contributed by atoms with Crippen LogP contribution in [0, 0.1) is 0 Å². The minimum absolute atomic E-state index is 0.100. The lowest BCUT2D eigenvalue weighted by molar-refractivity contribution is -0.118. The van der Waals surface area contributed by atoms with E-state index in [2.05, 4.69) is 10.1 Å². The number of hydrogen-bond acceptors (Lipinski definition) is 2. The van der Waals surface area contributed by atoms with Gasteiger partial charge in [-0.15, -0.1) is 0 Å². The van der Waals surface area contributed by atoms with Crippen molar-refractivity contribution in [3.05, 3.63) is 54.1 Å². The second-order valence-electron chi connectivity index (χ2n) is 3.92. The van der Waals surface area contributed by atoms with E-state index in [9.17, 15) is 4.79 Å². The zero-order valence-corrected chi connectivity index (χ0v) is 10.3. The highest BCUT2D eigenvalue weighted by Gasteiger charge is 1.96. The van der Waals surface area contributed by atoms with E-state index in [4.69, 9.17) is 0 Å². The van der Waals surface area contributed by atoms with E-state index in [1.54, 1.807) is 23.1 Å². The molecule has 0 aliphatic carbocycles. The van der Waals surface area contributed by atoms with Crippen molar-refractivity contribution in [2.24, 2.45) is 4.99 Å². The standard InChI is InChI=1S/C14H15N3O/c1-2-6-14(18)16-12-9-10-17(15-11-12)13-7-4-3-5-8-13/h3-5,7-11H,2,6H2,1H3/b16-12+. The minimum atomic E-state index is -0.100. The van der Waals surface area contributed by atoms with E-state index >= 15 is 0 Å². The fraction of sp³-hybridized carbons (Fsp3) is 0.214. The van der Waals surface area contributed by atoms with Crippen LogP contribution in [0.15, 0.2) is 53.8 Å². The van der Waals surface area contributed by atoms with Crippen LogP contribution < -0.4 is 5.36 Å². The van der Waals surface area contributed by atoms with Crippen molar-refractivity contribution in [2.45, 2.75) is 19.8 Å². The van der Waals surface area contributed by atoms with E-state index < -0.39 is 0 Å². The van der Waals surface area contributed by atoms with Gasteiger partial charge in [-0.3, -0.25) is 4.79 Å². The van der Waals surface area contributed by atoms with Crippen LogP contribution in [0.3, 0.4) is 0 Å². The van der Waals surface area contributed by atoms with Gasteiger partial charge in [-0.2, -0.15) is 5.10 Å². The Bertz CT molecular complexity index is 567. The molecule has 0 spiro atoms. The first-order chi connectivity index (χ1) is 8.79. The zero-order chi connectivity index (χ0) is 12.8. The molecule has 0 unspecified atom stereocenters. The maximum Gasteiger partial charge on any atom is 0.246 e. The van der Waals surface area contributed by atoms with Crippen LogP contribution in [-0.4, -0.2) is 15.7 Å². The van der Waals surface area contributed by atoms with Crippen LogP contribution in [0.4, 0.5) is 0 Å². The van der Waals surface area contributed by atoms with Gasteiger partial charge in [0.15, 0.2) is 0 Å². The Balaban J connectivity index is 2.23. The molecule has 0 N–H and O–H groups in total. The number of para-hydroxylation sites is 1. The highest BCUT2D eigenvalue weighted by molar-refractivity contribution is 5.76. The number of carbonyl (C=O) groups is 1. The lowest BCUT2D eigenvalue weighted by Gasteiger charge is -2.03. The molecule has 0 fully saturated rings. The van der Waals surface area contributed by atoms with E-state index in [-0.39, 0.29) is 5.91 Å². The van der Waals surface area contributed by atoms with Gasteiger partial charge in [0.25, 0.3) is 0 Å². The molecule has 92 valence electrons. The number of rotatable bonds is 3. The van der Waals surface area contributed by atoms with Crippen LogP contribution in [-0.2, 0) is 4.79 Å². The van der Waals surface area contributed by atoms with Crippen molar-refractivity contribution in [2.75, 3.05) is 0 Å². The molecular formula is C14H15N3O.